The molecule has 0 unspecified atom stereocenters. The number of piperidine rings is 1. The highest BCUT2D eigenvalue weighted by atomic mass is 35.5. The molecule has 2 aromatic carbocycles. The van der Waals surface area contributed by atoms with Crippen LogP contribution in [0.15, 0.2) is 54.9 Å². The summed E-state index contributed by atoms with van der Waals surface area (Å²) in [5, 5.41) is 17.8. The molecule has 2 aromatic heterocycles. The molecule has 2 N–H and O–H groups in total. The average Bonchev–Trinajstić information content (AvgIpc) is 3.36. The van der Waals surface area contributed by atoms with Crippen molar-refractivity contribution in [3.05, 3.63) is 65.4 Å². The van der Waals surface area contributed by atoms with E-state index in [-0.39, 0.29) is 23.5 Å². The number of nitrogens with zero attached hydrogens (tertiary/aromatic N) is 5. The van der Waals surface area contributed by atoms with Crippen LogP contribution in [-0.2, 0) is 4.79 Å². The zero-order chi connectivity index (χ0) is 25.2. The molecule has 11 heteroatoms. The Kier molecular flexibility index (Phi) is 6.43. The second-order valence-corrected chi connectivity index (χ2v) is 8.96. The van der Waals surface area contributed by atoms with Crippen molar-refractivity contribution in [2.24, 2.45) is 0 Å². The second kappa shape index (κ2) is 9.82. The van der Waals surface area contributed by atoms with Gasteiger partial charge >= 0.3 is 5.97 Å². The Morgan fingerprint density at radius 2 is 1.81 bits per heavy atom. The molecule has 4 aromatic rings. The summed E-state index contributed by atoms with van der Waals surface area (Å²) in [5.74, 6) is 1.09. The van der Waals surface area contributed by atoms with Gasteiger partial charge in [0.05, 0.1) is 17.3 Å². The largest absolute Gasteiger partial charge is 0.478 e. The first-order chi connectivity index (χ1) is 17.4. The van der Waals surface area contributed by atoms with E-state index in [0.717, 1.165) is 18.2 Å². The van der Waals surface area contributed by atoms with E-state index in [1.165, 1.54) is 24.0 Å². The fourth-order valence-corrected chi connectivity index (χ4v) is 4.32. The highest BCUT2D eigenvalue weighted by molar-refractivity contribution is 6.30. The number of carboxylic acids is 1. The van der Waals surface area contributed by atoms with Gasteiger partial charge in [-0.05, 0) is 55.3 Å². The molecule has 10 nitrogen and oxygen atoms in total. The Hall–Kier alpha value is -4.18. The molecule has 0 radical (unpaired) electrons. The van der Waals surface area contributed by atoms with Crippen LogP contribution in [0.3, 0.4) is 0 Å². The predicted octanol–water partition coefficient (Wildman–Crippen LogP) is 4.06. The minimum atomic E-state index is -1.08. The van der Waals surface area contributed by atoms with E-state index >= 15 is 0 Å². The first-order valence-corrected chi connectivity index (χ1v) is 11.8. The molecule has 184 valence electrons. The van der Waals surface area contributed by atoms with Gasteiger partial charge in [-0.15, -0.1) is 0 Å². The first-order valence-electron chi connectivity index (χ1n) is 11.4. The number of aromatic carboxylic acids is 1. The number of carbonyl (C=O) groups excluding carboxylic acids is 1. The number of hydrogen-bond acceptors (Lipinski definition) is 7. The van der Waals surface area contributed by atoms with Crippen LogP contribution in [0.1, 0.15) is 30.1 Å². The van der Waals surface area contributed by atoms with Gasteiger partial charge in [-0.25, -0.2) is 14.5 Å². The van der Waals surface area contributed by atoms with Crippen molar-refractivity contribution < 1.29 is 19.4 Å². The van der Waals surface area contributed by atoms with Gasteiger partial charge in [0.2, 0.25) is 5.91 Å². The van der Waals surface area contributed by atoms with Gasteiger partial charge in [0.1, 0.15) is 17.3 Å². The van der Waals surface area contributed by atoms with Gasteiger partial charge in [-0.2, -0.15) is 10.1 Å². The summed E-state index contributed by atoms with van der Waals surface area (Å²) in [6.45, 7) is 2.88. The van der Waals surface area contributed by atoms with E-state index in [1.807, 2.05) is 18.2 Å². The lowest BCUT2D eigenvalue weighted by molar-refractivity contribution is -0.119. The summed E-state index contributed by atoms with van der Waals surface area (Å²) in [6, 6.07) is 12.7. The zero-order valence-electron chi connectivity index (χ0n) is 19.4. The smallest absolute Gasteiger partial charge is 0.338 e. The lowest BCUT2D eigenvalue weighted by Crippen LogP contribution is -2.44. The van der Waals surface area contributed by atoms with E-state index in [0.29, 0.717) is 40.9 Å². The average molecular weight is 507 g/mol. The van der Waals surface area contributed by atoms with Crippen molar-refractivity contribution in [1.29, 1.82) is 0 Å². The summed E-state index contributed by atoms with van der Waals surface area (Å²) in [7, 11) is 0. The van der Waals surface area contributed by atoms with Crippen molar-refractivity contribution in [3.8, 4) is 17.4 Å². The fraction of sp³-hybridized carbons (Fsp3) is 0.240. The lowest BCUT2D eigenvalue weighted by Gasteiger charge is -2.33. The zero-order valence-corrected chi connectivity index (χ0v) is 20.1. The Balaban J connectivity index is 1.53. The number of ether oxygens (including phenoxy) is 1. The standard InChI is InChI=1S/C25H23ClN6O4/c1-15(33)28-18-8-10-31(11-9-18)23-21-12-20(36-19-4-2-17(26)3-5-19)6-7-22(21)29-25(30-23)32-14-16(13-27-32)24(34)35/h2-7,12-14,18H,8-11H2,1H3,(H,28,33)(H,34,35). The quantitative estimate of drug-likeness (QED) is 0.401. The summed E-state index contributed by atoms with van der Waals surface area (Å²) in [4.78, 5) is 34.4. The topological polar surface area (TPSA) is 122 Å². The van der Waals surface area contributed by atoms with Gasteiger partial charge in [0.15, 0.2) is 0 Å². The molecule has 36 heavy (non-hydrogen) atoms. The maximum Gasteiger partial charge on any atom is 0.338 e. The van der Waals surface area contributed by atoms with Crippen molar-refractivity contribution in [1.82, 2.24) is 25.1 Å². The molecule has 1 aliphatic heterocycles. The number of fused-ring (bicyclic) bond motifs is 1. The second-order valence-electron chi connectivity index (χ2n) is 8.52. The maximum absolute atomic E-state index is 11.5. The molecule has 1 fully saturated rings. The van der Waals surface area contributed by atoms with Crippen LogP contribution in [0, 0.1) is 0 Å². The number of carboxylic acid groups (broad SMARTS) is 1. The minimum Gasteiger partial charge on any atom is -0.478 e. The van der Waals surface area contributed by atoms with Crippen LogP contribution in [-0.4, -0.2) is 55.9 Å². The molecule has 0 saturated carbocycles. The van der Waals surface area contributed by atoms with Gasteiger partial charge < -0.3 is 20.1 Å². The molecule has 0 spiro atoms. The lowest BCUT2D eigenvalue weighted by atomic mass is 10.0. The number of carbonyl (C=O) groups is 2. The monoisotopic (exact) mass is 506 g/mol. The summed E-state index contributed by atoms with van der Waals surface area (Å²) >= 11 is 5.98. The van der Waals surface area contributed by atoms with Gasteiger partial charge in [-0.3, -0.25) is 4.79 Å². The fourth-order valence-electron chi connectivity index (χ4n) is 4.19. The van der Waals surface area contributed by atoms with Crippen LogP contribution in [0.4, 0.5) is 5.82 Å². The van der Waals surface area contributed by atoms with Crippen LogP contribution in [0.2, 0.25) is 5.02 Å². The highest BCUT2D eigenvalue weighted by Crippen LogP contribution is 2.32. The predicted molar refractivity (Wildman–Crippen MR) is 134 cm³/mol. The Morgan fingerprint density at radius 1 is 1.08 bits per heavy atom. The number of hydrogen-bond donors (Lipinski definition) is 2. The van der Waals surface area contributed by atoms with Crippen molar-refractivity contribution in [3.63, 3.8) is 0 Å². The first kappa shape index (κ1) is 23.6. The van der Waals surface area contributed by atoms with E-state index in [1.54, 1.807) is 24.3 Å². The Bertz CT molecular complexity index is 1430. The Morgan fingerprint density at radius 3 is 2.47 bits per heavy atom. The van der Waals surface area contributed by atoms with Crippen molar-refractivity contribution >= 4 is 40.2 Å². The molecule has 1 saturated heterocycles. The third kappa shape index (κ3) is 5.08. The highest BCUT2D eigenvalue weighted by Gasteiger charge is 2.24. The molecular weight excluding hydrogens is 484 g/mol. The van der Waals surface area contributed by atoms with Gasteiger partial charge in [0.25, 0.3) is 5.95 Å². The molecule has 0 bridgehead atoms. The van der Waals surface area contributed by atoms with E-state index in [2.05, 4.69) is 20.3 Å². The number of rotatable bonds is 6. The normalized spacial score (nSPS) is 14.1. The van der Waals surface area contributed by atoms with E-state index in [4.69, 9.17) is 21.3 Å². The summed E-state index contributed by atoms with van der Waals surface area (Å²) in [6.07, 6.45) is 4.18. The van der Waals surface area contributed by atoms with Crippen LogP contribution < -0.4 is 15.0 Å². The third-order valence-electron chi connectivity index (χ3n) is 5.92. The number of halogens is 1. The SMILES string of the molecule is CC(=O)NC1CCN(c2nc(-n3cc(C(=O)O)cn3)nc3ccc(Oc4ccc(Cl)cc4)cc23)CC1. The van der Waals surface area contributed by atoms with Gasteiger partial charge in [0, 0.05) is 42.7 Å². The van der Waals surface area contributed by atoms with Crippen molar-refractivity contribution in [2.45, 2.75) is 25.8 Å². The molecule has 1 amide bonds. The van der Waals surface area contributed by atoms with Crippen LogP contribution >= 0.6 is 11.6 Å². The molecule has 5 rings (SSSR count). The van der Waals surface area contributed by atoms with Crippen LogP contribution in [0.5, 0.6) is 11.5 Å². The molecule has 0 aliphatic carbocycles. The molecule has 3 heterocycles. The summed E-state index contributed by atoms with van der Waals surface area (Å²) < 4.78 is 7.38. The summed E-state index contributed by atoms with van der Waals surface area (Å²) in [5.41, 5.74) is 0.706. The van der Waals surface area contributed by atoms with Gasteiger partial charge in [-0.1, -0.05) is 11.6 Å². The maximum atomic E-state index is 11.5. The van der Waals surface area contributed by atoms with E-state index < -0.39 is 5.97 Å². The van der Waals surface area contributed by atoms with Crippen molar-refractivity contribution in [2.75, 3.05) is 18.0 Å². The molecule has 1 aliphatic rings. The van der Waals surface area contributed by atoms with E-state index in [9.17, 15) is 14.7 Å². The minimum absolute atomic E-state index is 0.0415. The number of amides is 1. The number of anilines is 1. The molecule has 0 atom stereocenters. The molecular formula is C25H23ClN6O4. The Labute approximate surface area is 211 Å². The van der Waals surface area contributed by atoms with Crippen LogP contribution in [0.25, 0.3) is 16.9 Å². The number of benzene rings is 2. The third-order valence-corrected chi connectivity index (χ3v) is 6.17. The number of aromatic nitrogens is 4. The number of nitrogens with one attached hydrogen (secondary N) is 1.